The van der Waals surface area contributed by atoms with E-state index in [4.69, 9.17) is 4.74 Å². The number of aryl methyl sites for hydroxylation is 1. The Kier molecular flexibility index (Phi) is 4.63. The standard InChI is InChI=1S/C12H15NO4/c1-3-10-6-5-9(7-11(10)13(15)16)8-12(14)17-4-2/h5-7H,3-4,8H2,1-2H3. The Morgan fingerprint density at radius 2 is 2.12 bits per heavy atom. The van der Waals surface area contributed by atoms with Crippen molar-refractivity contribution >= 4 is 11.7 Å². The Hall–Kier alpha value is -1.91. The van der Waals surface area contributed by atoms with Gasteiger partial charge in [-0.1, -0.05) is 19.1 Å². The van der Waals surface area contributed by atoms with Crippen LogP contribution in [0.4, 0.5) is 5.69 Å². The number of carbonyl (C=O) groups excluding carboxylic acids is 1. The molecule has 1 aromatic rings. The highest BCUT2D eigenvalue weighted by molar-refractivity contribution is 5.73. The van der Waals surface area contributed by atoms with E-state index in [1.807, 2.05) is 6.92 Å². The van der Waals surface area contributed by atoms with E-state index in [1.54, 1.807) is 19.1 Å². The van der Waals surface area contributed by atoms with Crippen LogP contribution < -0.4 is 0 Å². The van der Waals surface area contributed by atoms with Crippen LogP contribution in [0, 0.1) is 10.1 Å². The van der Waals surface area contributed by atoms with Crippen molar-refractivity contribution in [1.29, 1.82) is 0 Å². The highest BCUT2D eigenvalue weighted by Gasteiger charge is 2.14. The summed E-state index contributed by atoms with van der Waals surface area (Å²) in [6, 6.07) is 4.85. The van der Waals surface area contributed by atoms with Gasteiger partial charge in [0.2, 0.25) is 0 Å². The molecule has 0 saturated carbocycles. The minimum absolute atomic E-state index is 0.0642. The molecular weight excluding hydrogens is 222 g/mol. The molecule has 5 nitrogen and oxygen atoms in total. The summed E-state index contributed by atoms with van der Waals surface area (Å²) in [6.07, 6.45) is 0.661. The van der Waals surface area contributed by atoms with Crippen LogP contribution in [-0.4, -0.2) is 17.5 Å². The fraction of sp³-hybridized carbons (Fsp3) is 0.417. The quantitative estimate of drug-likeness (QED) is 0.447. The summed E-state index contributed by atoms with van der Waals surface area (Å²) in [7, 11) is 0. The Morgan fingerprint density at radius 3 is 2.65 bits per heavy atom. The first-order chi connectivity index (χ1) is 8.08. The normalized spacial score (nSPS) is 10.0. The summed E-state index contributed by atoms with van der Waals surface area (Å²) >= 11 is 0. The molecule has 0 fully saturated rings. The molecule has 0 aliphatic heterocycles. The molecule has 0 unspecified atom stereocenters. The third kappa shape index (κ3) is 3.55. The summed E-state index contributed by atoms with van der Waals surface area (Å²) in [5.41, 5.74) is 1.34. The molecule has 0 aliphatic carbocycles. The molecule has 0 aliphatic rings. The molecule has 0 atom stereocenters. The second kappa shape index (κ2) is 5.98. The van der Waals surface area contributed by atoms with Crippen molar-refractivity contribution < 1.29 is 14.5 Å². The SMILES string of the molecule is CCOC(=O)Cc1ccc(CC)c([N+](=O)[O-])c1. The predicted molar refractivity (Wildman–Crippen MR) is 62.8 cm³/mol. The average Bonchev–Trinajstić information content (AvgIpc) is 2.29. The zero-order valence-electron chi connectivity index (χ0n) is 9.93. The molecule has 0 radical (unpaired) electrons. The maximum Gasteiger partial charge on any atom is 0.310 e. The fourth-order valence-corrected chi connectivity index (χ4v) is 1.57. The lowest BCUT2D eigenvalue weighted by molar-refractivity contribution is -0.385. The molecule has 17 heavy (non-hydrogen) atoms. The van der Waals surface area contributed by atoms with Crippen LogP contribution in [0.25, 0.3) is 0 Å². The average molecular weight is 237 g/mol. The number of esters is 1. The molecule has 92 valence electrons. The smallest absolute Gasteiger partial charge is 0.310 e. The maximum atomic E-state index is 11.3. The van der Waals surface area contributed by atoms with Gasteiger partial charge in [0, 0.05) is 11.6 Å². The van der Waals surface area contributed by atoms with Gasteiger partial charge in [-0.25, -0.2) is 0 Å². The number of hydrogen-bond donors (Lipinski definition) is 0. The Labute approximate surface area is 99.5 Å². The van der Waals surface area contributed by atoms with E-state index in [9.17, 15) is 14.9 Å². The Bertz CT molecular complexity index is 429. The predicted octanol–water partition coefficient (Wildman–Crippen LogP) is 2.26. The minimum Gasteiger partial charge on any atom is -0.466 e. The van der Waals surface area contributed by atoms with Crippen LogP contribution in [0.3, 0.4) is 0 Å². The molecule has 0 amide bonds. The molecule has 5 heteroatoms. The van der Waals surface area contributed by atoms with Gasteiger partial charge in [0.25, 0.3) is 5.69 Å². The largest absolute Gasteiger partial charge is 0.466 e. The number of carbonyl (C=O) groups is 1. The lowest BCUT2D eigenvalue weighted by Gasteiger charge is -2.04. The van der Waals surface area contributed by atoms with E-state index in [1.165, 1.54) is 6.07 Å². The van der Waals surface area contributed by atoms with Crippen molar-refractivity contribution in [3.05, 3.63) is 39.4 Å². The number of nitro groups is 1. The van der Waals surface area contributed by atoms with Crippen LogP contribution in [0.5, 0.6) is 0 Å². The lowest BCUT2D eigenvalue weighted by atomic mass is 10.1. The fourth-order valence-electron chi connectivity index (χ4n) is 1.57. The van der Waals surface area contributed by atoms with Gasteiger partial charge in [0.05, 0.1) is 18.0 Å². The molecule has 1 rings (SSSR count). The molecule has 0 N–H and O–H groups in total. The van der Waals surface area contributed by atoms with E-state index < -0.39 is 4.92 Å². The molecule has 0 spiro atoms. The lowest BCUT2D eigenvalue weighted by Crippen LogP contribution is -2.08. The highest BCUT2D eigenvalue weighted by atomic mass is 16.6. The molecule has 0 aromatic heterocycles. The Balaban J connectivity index is 2.92. The van der Waals surface area contributed by atoms with Gasteiger partial charge < -0.3 is 4.74 Å². The van der Waals surface area contributed by atoms with Gasteiger partial charge in [0.15, 0.2) is 0 Å². The van der Waals surface area contributed by atoms with Crippen LogP contribution in [0.1, 0.15) is 25.0 Å². The van der Waals surface area contributed by atoms with Gasteiger partial charge in [-0.2, -0.15) is 0 Å². The van der Waals surface area contributed by atoms with Crippen LogP contribution in [0.15, 0.2) is 18.2 Å². The van der Waals surface area contributed by atoms with Gasteiger partial charge >= 0.3 is 5.97 Å². The van der Waals surface area contributed by atoms with Crippen molar-refractivity contribution in [1.82, 2.24) is 0 Å². The van der Waals surface area contributed by atoms with E-state index in [-0.39, 0.29) is 18.1 Å². The van der Waals surface area contributed by atoms with E-state index in [2.05, 4.69) is 0 Å². The highest BCUT2D eigenvalue weighted by Crippen LogP contribution is 2.21. The van der Waals surface area contributed by atoms with Crippen LogP contribution in [0.2, 0.25) is 0 Å². The molecular formula is C12H15NO4. The van der Waals surface area contributed by atoms with Gasteiger partial charge in [-0.15, -0.1) is 0 Å². The summed E-state index contributed by atoms with van der Waals surface area (Å²) in [5, 5.41) is 10.8. The summed E-state index contributed by atoms with van der Waals surface area (Å²) in [4.78, 5) is 21.7. The van der Waals surface area contributed by atoms with Crippen molar-refractivity contribution in [2.75, 3.05) is 6.61 Å². The van der Waals surface area contributed by atoms with Crippen LogP contribution >= 0.6 is 0 Å². The van der Waals surface area contributed by atoms with Gasteiger partial charge in [-0.3, -0.25) is 14.9 Å². The zero-order valence-corrected chi connectivity index (χ0v) is 9.93. The first-order valence-corrected chi connectivity index (χ1v) is 5.50. The number of nitrogens with zero attached hydrogens (tertiary/aromatic N) is 1. The zero-order chi connectivity index (χ0) is 12.8. The third-order valence-corrected chi connectivity index (χ3v) is 2.38. The van der Waals surface area contributed by atoms with Crippen molar-refractivity contribution in [2.45, 2.75) is 26.7 Å². The second-order valence-corrected chi connectivity index (χ2v) is 3.56. The molecule has 1 aromatic carbocycles. The summed E-state index contributed by atoms with van der Waals surface area (Å²) < 4.78 is 4.79. The minimum atomic E-state index is -0.423. The van der Waals surface area contributed by atoms with Crippen molar-refractivity contribution in [3.8, 4) is 0 Å². The number of benzene rings is 1. The molecule has 0 saturated heterocycles. The molecule has 0 bridgehead atoms. The van der Waals surface area contributed by atoms with Crippen LogP contribution in [-0.2, 0) is 22.4 Å². The van der Waals surface area contributed by atoms with E-state index in [0.29, 0.717) is 24.2 Å². The Morgan fingerprint density at radius 1 is 1.41 bits per heavy atom. The topological polar surface area (TPSA) is 69.4 Å². The van der Waals surface area contributed by atoms with Crippen molar-refractivity contribution in [2.24, 2.45) is 0 Å². The van der Waals surface area contributed by atoms with E-state index in [0.717, 1.165) is 0 Å². The number of ether oxygens (including phenoxy) is 1. The molecule has 0 heterocycles. The first-order valence-electron chi connectivity index (χ1n) is 5.50. The monoisotopic (exact) mass is 237 g/mol. The maximum absolute atomic E-state index is 11.3. The van der Waals surface area contributed by atoms with E-state index >= 15 is 0 Å². The number of nitro benzene ring substituents is 1. The first kappa shape index (κ1) is 13.2. The van der Waals surface area contributed by atoms with Gasteiger partial charge in [-0.05, 0) is 18.9 Å². The summed E-state index contributed by atoms with van der Waals surface area (Å²) in [5.74, 6) is -0.369. The van der Waals surface area contributed by atoms with Crippen molar-refractivity contribution in [3.63, 3.8) is 0 Å². The number of rotatable bonds is 5. The number of hydrogen-bond acceptors (Lipinski definition) is 4. The summed E-state index contributed by atoms with van der Waals surface area (Å²) in [6.45, 7) is 3.89. The second-order valence-electron chi connectivity index (χ2n) is 3.56. The van der Waals surface area contributed by atoms with Gasteiger partial charge in [0.1, 0.15) is 0 Å². The third-order valence-electron chi connectivity index (χ3n) is 2.38.